The third kappa shape index (κ3) is 3.66. The number of rotatable bonds is 5. The van der Waals surface area contributed by atoms with Gasteiger partial charge in [0.05, 0.1) is 12.3 Å². The second-order valence-electron chi connectivity index (χ2n) is 3.85. The molecule has 2 rings (SSSR count). The molecular weight excluding hydrogens is 258 g/mol. The molecule has 0 unspecified atom stereocenters. The first kappa shape index (κ1) is 13.3. The van der Waals surface area contributed by atoms with Crippen molar-refractivity contribution >= 4 is 28.7 Å². The molecule has 4 nitrogen and oxygen atoms in total. The van der Waals surface area contributed by atoms with E-state index in [4.69, 9.17) is 22.7 Å². The zero-order chi connectivity index (χ0) is 13.7. The minimum Gasteiger partial charge on any atom is -0.494 e. The number of pyridine rings is 1. The molecule has 98 valence electrons. The Morgan fingerprint density at radius 1 is 1.26 bits per heavy atom. The molecule has 0 aliphatic carbocycles. The van der Waals surface area contributed by atoms with Crippen molar-refractivity contribution in [1.29, 1.82) is 0 Å². The van der Waals surface area contributed by atoms with Gasteiger partial charge in [-0.25, -0.2) is 4.98 Å². The number of benzene rings is 1. The lowest BCUT2D eigenvalue weighted by molar-refractivity contribution is 0.340. The molecule has 0 aliphatic rings. The number of nitrogens with one attached hydrogen (secondary N) is 1. The minimum absolute atomic E-state index is 0.287. The number of anilines is 2. The highest BCUT2D eigenvalue weighted by Crippen LogP contribution is 2.19. The second kappa shape index (κ2) is 6.15. The van der Waals surface area contributed by atoms with Crippen molar-refractivity contribution in [2.75, 3.05) is 11.9 Å². The zero-order valence-corrected chi connectivity index (χ0v) is 11.4. The van der Waals surface area contributed by atoms with E-state index in [1.165, 1.54) is 0 Å². The van der Waals surface area contributed by atoms with E-state index in [1.807, 2.05) is 43.3 Å². The third-order valence-electron chi connectivity index (χ3n) is 2.44. The summed E-state index contributed by atoms with van der Waals surface area (Å²) in [5.74, 6) is 1.55. The molecule has 0 radical (unpaired) electrons. The van der Waals surface area contributed by atoms with Crippen LogP contribution < -0.4 is 15.8 Å². The average molecular weight is 273 g/mol. The lowest BCUT2D eigenvalue weighted by Gasteiger charge is -2.08. The highest BCUT2D eigenvalue weighted by Gasteiger charge is 2.01. The Morgan fingerprint density at radius 2 is 2.00 bits per heavy atom. The number of hydrogen-bond acceptors (Lipinski definition) is 4. The third-order valence-corrected chi connectivity index (χ3v) is 2.65. The highest BCUT2D eigenvalue weighted by atomic mass is 32.1. The van der Waals surface area contributed by atoms with E-state index in [0.717, 1.165) is 11.4 Å². The lowest BCUT2D eigenvalue weighted by atomic mass is 10.3. The van der Waals surface area contributed by atoms with Crippen LogP contribution in [0.5, 0.6) is 5.75 Å². The van der Waals surface area contributed by atoms with Crippen molar-refractivity contribution in [3.63, 3.8) is 0 Å². The van der Waals surface area contributed by atoms with Gasteiger partial charge in [-0.2, -0.15) is 0 Å². The lowest BCUT2D eigenvalue weighted by Crippen LogP contribution is -2.12. The quantitative estimate of drug-likeness (QED) is 0.820. The van der Waals surface area contributed by atoms with Crippen LogP contribution in [0.15, 0.2) is 42.5 Å². The SMILES string of the molecule is CCOc1ccc(Nc2cccc(C(N)=S)n2)cc1. The summed E-state index contributed by atoms with van der Waals surface area (Å²) in [4.78, 5) is 4.61. The Labute approximate surface area is 117 Å². The molecule has 0 fully saturated rings. The average Bonchev–Trinajstić information content (AvgIpc) is 2.42. The normalized spacial score (nSPS) is 9.95. The molecule has 0 saturated carbocycles. The molecule has 0 spiro atoms. The molecule has 3 N–H and O–H groups in total. The summed E-state index contributed by atoms with van der Waals surface area (Å²) in [7, 11) is 0. The first-order valence-corrected chi connectivity index (χ1v) is 6.36. The van der Waals surface area contributed by atoms with Crippen molar-refractivity contribution < 1.29 is 4.74 Å². The number of thiocarbonyl (C=S) groups is 1. The summed E-state index contributed by atoms with van der Waals surface area (Å²) in [6, 6.07) is 13.2. The maximum absolute atomic E-state index is 5.55. The molecule has 0 atom stereocenters. The van der Waals surface area contributed by atoms with Gasteiger partial charge in [-0.05, 0) is 43.3 Å². The first-order chi connectivity index (χ1) is 9.19. The second-order valence-corrected chi connectivity index (χ2v) is 4.29. The molecule has 5 heteroatoms. The molecule has 19 heavy (non-hydrogen) atoms. The smallest absolute Gasteiger partial charge is 0.131 e. The van der Waals surface area contributed by atoms with Crippen LogP contribution in [-0.4, -0.2) is 16.6 Å². The van der Waals surface area contributed by atoms with Crippen molar-refractivity contribution in [3.05, 3.63) is 48.2 Å². The van der Waals surface area contributed by atoms with Gasteiger partial charge in [0.2, 0.25) is 0 Å². The van der Waals surface area contributed by atoms with E-state index in [9.17, 15) is 0 Å². The maximum atomic E-state index is 5.55. The minimum atomic E-state index is 0.287. The highest BCUT2D eigenvalue weighted by molar-refractivity contribution is 7.80. The summed E-state index contributed by atoms with van der Waals surface area (Å²) in [5, 5.41) is 3.19. The summed E-state index contributed by atoms with van der Waals surface area (Å²) in [5.41, 5.74) is 7.08. The van der Waals surface area contributed by atoms with Gasteiger partial charge in [0.15, 0.2) is 0 Å². The fourth-order valence-corrected chi connectivity index (χ4v) is 1.70. The Morgan fingerprint density at radius 3 is 2.63 bits per heavy atom. The van der Waals surface area contributed by atoms with Gasteiger partial charge in [-0.15, -0.1) is 0 Å². The van der Waals surface area contributed by atoms with Crippen LogP contribution in [-0.2, 0) is 0 Å². The predicted octanol–water partition coefficient (Wildman–Crippen LogP) is 2.86. The molecule has 0 aliphatic heterocycles. The van der Waals surface area contributed by atoms with Crippen molar-refractivity contribution in [3.8, 4) is 5.75 Å². The molecular formula is C14H15N3OS. The van der Waals surface area contributed by atoms with E-state index in [-0.39, 0.29) is 4.99 Å². The fraction of sp³-hybridized carbons (Fsp3) is 0.143. The number of nitrogens with two attached hydrogens (primary N) is 1. The Balaban J connectivity index is 2.12. The zero-order valence-electron chi connectivity index (χ0n) is 10.6. The number of ether oxygens (including phenoxy) is 1. The topological polar surface area (TPSA) is 60.2 Å². The van der Waals surface area contributed by atoms with E-state index in [1.54, 1.807) is 6.07 Å². The molecule has 1 aromatic heterocycles. The molecule has 2 aromatic rings. The van der Waals surface area contributed by atoms with E-state index < -0.39 is 0 Å². The van der Waals surface area contributed by atoms with Crippen LogP contribution in [0.25, 0.3) is 0 Å². The van der Waals surface area contributed by atoms with Crippen LogP contribution in [0.1, 0.15) is 12.6 Å². The summed E-state index contributed by atoms with van der Waals surface area (Å²) < 4.78 is 5.38. The molecule has 1 heterocycles. The van der Waals surface area contributed by atoms with Gasteiger partial charge in [0.25, 0.3) is 0 Å². The van der Waals surface area contributed by atoms with Gasteiger partial charge >= 0.3 is 0 Å². The number of nitrogens with zero attached hydrogens (tertiary/aromatic N) is 1. The van der Waals surface area contributed by atoms with Gasteiger partial charge in [0.1, 0.15) is 16.6 Å². The van der Waals surface area contributed by atoms with Crippen LogP contribution in [0.2, 0.25) is 0 Å². The predicted molar refractivity (Wildman–Crippen MR) is 81.0 cm³/mol. The molecule has 0 bridgehead atoms. The van der Waals surface area contributed by atoms with Crippen molar-refractivity contribution in [2.24, 2.45) is 5.73 Å². The van der Waals surface area contributed by atoms with E-state index in [0.29, 0.717) is 18.1 Å². The van der Waals surface area contributed by atoms with Crippen LogP contribution in [0, 0.1) is 0 Å². The number of hydrogen-bond donors (Lipinski definition) is 2. The molecule has 0 amide bonds. The Kier molecular flexibility index (Phi) is 4.30. The van der Waals surface area contributed by atoms with Crippen LogP contribution in [0.3, 0.4) is 0 Å². The van der Waals surface area contributed by atoms with Crippen LogP contribution >= 0.6 is 12.2 Å². The largest absolute Gasteiger partial charge is 0.494 e. The Hall–Kier alpha value is -2.14. The van der Waals surface area contributed by atoms with E-state index >= 15 is 0 Å². The van der Waals surface area contributed by atoms with Gasteiger partial charge in [-0.3, -0.25) is 0 Å². The number of aromatic nitrogens is 1. The monoisotopic (exact) mass is 273 g/mol. The fourth-order valence-electron chi connectivity index (χ4n) is 1.59. The summed E-state index contributed by atoms with van der Waals surface area (Å²) in [6.45, 7) is 2.61. The molecule has 0 saturated heterocycles. The van der Waals surface area contributed by atoms with Gasteiger partial charge in [0, 0.05) is 5.69 Å². The molecule has 1 aromatic carbocycles. The van der Waals surface area contributed by atoms with Crippen molar-refractivity contribution in [2.45, 2.75) is 6.92 Å². The summed E-state index contributed by atoms with van der Waals surface area (Å²) in [6.07, 6.45) is 0. The standard InChI is InChI=1S/C14H15N3OS/c1-2-18-11-8-6-10(7-9-11)16-13-5-3-4-12(17-13)14(15)19/h3-9H,2H2,1H3,(H2,15,19)(H,16,17). The Bertz CT molecular complexity index is 569. The van der Waals surface area contributed by atoms with Crippen LogP contribution in [0.4, 0.5) is 11.5 Å². The first-order valence-electron chi connectivity index (χ1n) is 5.96. The van der Waals surface area contributed by atoms with Gasteiger partial charge in [-0.1, -0.05) is 18.3 Å². The summed E-state index contributed by atoms with van der Waals surface area (Å²) >= 11 is 4.90. The van der Waals surface area contributed by atoms with Gasteiger partial charge < -0.3 is 15.8 Å². The van der Waals surface area contributed by atoms with E-state index in [2.05, 4.69) is 10.3 Å². The van der Waals surface area contributed by atoms with Crippen molar-refractivity contribution in [1.82, 2.24) is 4.98 Å². The maximum Gasteiger partial charge on any atom is 0.131 e.